The van der Waals surface area contributed by atoms with Crippen LogP contribution in [0.5, 0.6) is 11.5 Å². The molecule has 6 nitrogen and oxygen atoms in total. The fraction of sp³-hybridized carbons (Fsp3) is 0.0400. The Morgan fingerprint density at radius 1 is 1.03 bits per heavy atom. The summed E-state index contributed by atoms with van der Waals surface area (Å²) in [5.74, 6) is 0.663. The molecule has 2 N–H and O–H groups in total. The molecule has 0 bridgehead atoms. The van der Waals surface area contributed by atoms with Crippen LogP contribution in [0.15, 0.2) is 89.9 Å². The molecule has 31 heavy (non-hydrogen) atoms. The van der Waals surface area contributed by atoms with Crippen molar-refractivity contribution in [2.24, 2.45) is 0 Å². The first-order valence-corrected chi connectivity index (χ1v) is 9.61. The molecule has 0 unspecified atom stereocenters. The molecule has 1 heterocycles. The van der Waals surface area contributed by atoms with E-state index in [1.54, 1.807) is 67.9 Å². The third kappa shape index (κ3) is 4.48. The highest BCUT2D eigenvalue weighted by Crippen LogP contribution is 2.21. The van der Waals surface area contributed by atoms with Crippen LogP contribution in [0, 0.1) is 0 Å². The molecule has 0 saturated carbocycles. The number of ketones is 1. The second-order valence-corrected chi connectivity index (χ2v) is 6.91. The van der Waals surface area contributed by atoms with Crippen LogP contribution in [0.2, 0.25) is 0 Å². The van der Waals surface area contributed by atoms with Gasteiger partial charge in [0.1, 0.15) is 11.5 Å². The lowest BCUT2D eigenvalue weighted by molar-refractivity contribution is 0.104. The highest BCUT2D eigenvalue weighted by atomic mass is 16.5. The molecule has 0 radical (unpaired) electrons. The van der Waals surface area contributed by atoms with Gasteiger partial charge in [-0.15, -0.1) is 0 Å². The van der Waals surface area contributed by atoms with E-state index >= 15 is 0 Å². The van der Waals surface area contributed by atoms with E-state index in [-0.39, 0.29) is 17.2 Å². The molecule has 0 fully saturated rings. The van der Waals surface area contributed by atoms with Gasteiger partial charge in [0.05, 0.1) is 18.5 Å². The summed E-state index contributed by atoms with van der Waals surface area (Å²) in [5, 5.41) is 9.53. The van der Waals surface area contributed by atoms with E-state index < -0.39 is 0 Å². The van der Waals surface area contributed by atoms with Gasteiger partial charge >= 0.3 is 5.69 Å². The van der Waals surface area contributed by atoms with Gasteiger partial charge in [-0.3, -0.25) is 9.36 Å². The maximum Gasteiger partial charge on any atom is 0.330 e. The van der Waals surface area contributed by atoms with Crippen molar-refractivity contribution in [3.05, 3.63) is 107 Å². The van der Waals surface area contributed by atoms with Gasteiger partial charge in [0.15, 0.2) is 5.78 Å². The number of nitrogens with one attached hydrogen (secondary N) is 1. The largest absolute Gasteiger partial charge is 0.508 e. The number of imidazole rings is 1. The lowest BCUT2D eigenvalue weighted by Gasteiger charge is -2.04. The zero-order chi connectivity index (χ0) is 21.8. The number of aromatic nitrogens is 2. The average Bonchev–Trinajstić information content (AvgIpc) is 3.19. The van der Waals surface area contributed by atoms with Crippen molar-refractivity contribution in [1.82, 2.24) is 9.55 Å². The first-order chi connectivity index (χ1) is 15.0. The number of methoxy groups -OCH3 is 1. The van der Waals surface area contributed by atoms with Gasteiger partial charge < -0.3 is 14.8 Å². The Hall–Kier alpha value is -4.32. The molecule has 6 heteroatoms. The Bertz CT molecular complexity index is 1310. The van der Waals surface area contributed by atoms with Crippen molar-refractivity contribution < 1.29 is 14.6 Å². The molecule has 4 aromatic rings. The summed E-state index contributed by atoms with van der Waals surface area (Å²) in [7, 11) is 1.60. The van der Waals surface area contributed by atoms with Crippen LogP contribution >= 0.6 is 0 Å². The lowest BCUT2D eigenvalue weighted by atomic mass is 10.1. The summed E-state index contributed by atoms with van der Waals surface area (Å²) in [6, 6.07) is 20.9. The quantitative estimate of drug-likeness (QED) is 0.362. The number of allylic oxidation sites excluding steroid dienone is 1. The number of aromatic hydroxyl groups is 1. The first-order valence-electron chi connectivity index (χ1n) is 9.61. The van der Waals surface area contributed by atoms with Crippen molar-refractivity contribution in [3.8, 4) is 28.4 Å². The van der Waals surface area contributed by atoms with Crippen LogP contribution in [0.1, 0.15) is 15.9 Å². The SMILES string of the molecule is COc1ccc(-c2cn(-c3cccc(C(=O)C=Cc4cccc(O)c4)c3)c(=O)[nH]2)cc1. The molecular formula is C25H20N2O4. The number of carbonyl (C=O) groups is 1. The van der Waals surface area contributed by atoms with Gasteiger partial charge in [0, 0.05) is 11.8 Å². The number of hydrogen-bond donors (Lipinski definition) is 2. The van der Waals surface area contributed by atoms with E-state index in [2.05, 4.69) is 4.98 Å². The maximum atomic E-state index is 12.6. The van der Waals surface area contributed by atoms with Crippen LogP contribution in [0.3, 0.4) is 0 Å². The minimum absolute atomic E-state index is 0.135. The van der Waals surface area contributed by atoms with Crippen LogP contribution in [-0.4, -0.2) is 27.6 Å². The molecule has 0 aliphatic carbocycles. The summed E-state index contributed by atoms with van der Waals surface area (Å²) in [6.07, 6.45) is 4.78. The zero-order valence-electron chi connectivity index (χ0n) is 16.8. The van der Waals surface area contributed by atoms with Gasteiger partial charge in [0.2, 0.25) is 0 Å². The smallest absolute Gasteiger partial charge is 0.330 e. The summed E-state index contributed by atoms with van der Waals surface area (Å²) in [5.41, 5.74) is 2.96. The van der Waals surface area contributed by atoms with E-state index in [1.165, 1.54) is 10.6 Å². The van der Waals surface area contributed by atoms with Crippen molar-refractivity contribution in [2.45, 2.75) is 0 Å². The Labute approximate surface area is 178 Å². The molecule has 0 atom stereocenters. The van der Waals surface area contributed by atoms with Crippen LogP contribution in [-0.2, 0) is 0 Å². The number of benzene rings is 3. The molecule has 1 aromatic heterocycles. The normalized spacial score (nSPS) is 11.0. The number of aromatic amines is 1. The highest BCUT2D eigenvalue weighted by Gasteiger charge is 2.10. The van der Waals surface area contributed by atoms with Gasteiger partial charge in [-0.25, -0.2) is 4.79 Å². The molecule has 0 amide bonds. The molecule has 0 saturated heterocycles. The minimum Gasteiger partial charge on any atom is -0.508 e. The number of rotatable bonds is 6. The Balaban J connectivity index is 1.60. The van der Waals surface area contributed by atoms with Crippen molar-refractivity contribution in [1.29, 1.82) is 0 Å². The van der Waals surface area contributed by atoms with Crippen molar-refractivity contribution in [3.63, 3.8) is 0 Å². The number of ether oxygens (including phenoxy) is 1. The van der Waals surface area contributed by atoms with E-state index in [0.717, 1.165) is 16.9 Å². The monoisotopic (exact) mass is 412 g/mol. The fourth-order valence-corrected chi connectivity index (χ4v) is 3.21. The third-order valence-electron chi connectivity index (χ3n) is 4.83. The minimum atomic E-state index is -0.300. The summed E-state index contributed by atoms with van der Waals surface area (Å²) in [6.45, 7) is 0. The van der Waals surface area contributed by atoms with E-state index in [4.69, 9.17) is 4.74 Å². The molecule has 4 rings (SSSR count). The molecular weight excluding hydrogens is 392 g/mol. The number of carbonyl (C=O) groups excluding carboxylic acids is 1. The van der Waals surface area contributed by atoms with E-state index in [0.29, 0.717) is 16.9 Å². The zero-order valence-corrected chi connectivity index (χ0v) is 16.8. The van der Waals surface area contributed by atoms with Crippen LogP contribution in [0.4, 0.5) is 0 Å². The fourth-order valence-electron chi connectivity index (χ4n) is 3.21. The van der Waals surface area contributed by atoms with Gasteiger partial charge in [-0.2, -0.15) is 0 Å². The van der Waals surface area contributed by atoms with Gasteiger partial charge in [-0.05, 0) is 65.7 Å². The van der Waals surface area contributed by atoms with Crippen molar-refractivity contribution >= 4 is 11.9 Å². The summed E-state index contributed by atoms with van der Waals surface area (Å²) in [4.78, 5) is 28.0. The number of phenols is 1. The van der Waals surface area contributed by atoms with E-state index in [1.807, 2.05) is 24.3 Å². The number of nitrogens with zero attached hydrogens (tertiary/aromatic N) is 1. The standard InChI is InChI=1S/C25H20N2O4/c1-31-22-11-9-18(10-12-22)23-16-27(25(30)26-23)20-6-3-5-19(15-20)24(29)13-8-17-4-2-7-21(28)14-17/h2-16,28H,1H3,(H,26,30). The Kier molecular flexibility index (Phi) is 5.53. The average molecular weight is 412 g/mol. The second kappa shape index (κ2) is 8.59. The third-order valence-corrected chi connectivity index (χ3v) is 4.83. The summed E-state index contributed by atoms with van der Waals surface area (Å²) >= 11 is 0. The topological polar surface area (TPSA) is 84.3 Å². The Morgan fingerprint density at radius 3 is 2.55 bits per heavy atom. The predicted molar refractivity (Wildman–Crippen MR) is 120 cm³/mol. The number of hydrogen-bond acceptors (Lipinski definition) is 4. The second-order valence-electron chi connectivity index (χ2n) is 6.91. The number of phenolic OH excluding ortho intramolecular Hbond substituents is 1. The molecule has 0 spiro atoms. The molecule has 3 aromatic carbocycles. The van der Waals surface area contributed by atoms with Crippen LogP contribution < -0.4 is 10.4 Å². The lowest BCUT2D eigenvalue weighted by Crippen LogP contribution is -2.14. The highest BCUT2D eigenvalue weighted by molar-refractivity contribution is 6.07. The van der Waals surface area contributed by atoms with Gasteiger partial charge in [-0.1, -0.05) is 30.3 Å². The van der Waals surface area contributed by atoms with E-state index in [9.17, 15) is 14.7 Å². The Morgan fingerprint density at radius 2 is 1.81 bits per heavy atom. The van der Waals surface area contributed by atoms with Crippen molar-refractivity contribution in [2.75, 3.05) is 7.11 Å². The summed E-state index contributed by atoms with van der Waals surface area (Å²) < 4.78 is 6.63. The molecule has 0 aliphatic rings. The van der Waals surface area contributed by atoms with Crippen LogP contribution in [0.25, 0.3) is 23.0 Å². The molecule has 154 valence electrons. The van der Waals surface area contributed by atoms with Gasteiger partial charge in [0.25, 0.3) is 0 Å². The first kappa shape index (κ1) is 20.0. The predicted octanol–water partition coefficient (Wildman–Crippen LogP) is 4.44. The number of H-pyrrole nitrogens is 1. The molecule has 0 aliphatic heterocycles. The maximum absolute atomic E-state index is 12.6.